The second-order valence-corrected chi connectivity index (χ2v) is 12.9. The molecule has 1 aliphatic heterocycles. The fourth-order valence-electron chi connectivity index (χ4n) is 4.78. The summed E-state index contributed by atoms with van der Waals surface area (Å²) in [6, 6.07) is 18.9. The van der Waals surface area contributed by atoms with Crippen molar-refractivity contribution >= 4 is 27.5 Å². The number of hydrogen-bond donors (Lipinski definition) is 3. The number of amides is 1. The Morgan fingerprint density at radius 3 is 2.58 bits per heavy atom. The first kappa shape index (κ1) is 30.1. The molecule has 3 N–H and O–H groups in total. The summed E-state index contributed by atoms with van der Waals surface area (Å²) in [5.74, 6) is 1.18. The van der Waals surface area contributed by atoms with E-state index < -0.39 is 16.1 Å². The summed E-state index contributed by atoms with van der Waals surface area (Å²) in [5, 5.41) is 6.92. The van der Waals surface area contributed by atoms with Crippen molar-refractivity contribution in [2.24, 2.45) is 5.92 Å². The molecule has 0 spiro atoms. The van der Waals surface area contributed by atoms with Crippen molar-refractivity contribution in [3.8, 4) is 5.75 Å². The molecule has 214 valence electrons. The van der Waals surface area contributed by atoms with Crippen LogP contribution in [0.3, 0.4) is 0 Å². The van der Waals surface area contributed by atoms with Crippen molar-refractivity contribution in [3.05, 3.63) is 94.0 Å². The van der Waals surface area contributed by atoms with Crippen LogP contribution in [0.2, 0.25) is 5.02 Å². The average molecular weight is 584 g/mol. The van der Waals surface area contributed by atoms with Crippen LogP contribution in [0.4, 0.5) is 0 Å². The van der Waals surface area contributed by atoms with Gasteiger partial charge in [0, 0.05) is 30.0 Å². The Labute approximate surface area is 242 Å². The Kier molecular flexibility index (Phi) is 10.2. The lowest BCUT2D eigenvalue weighted by molar-refractivity contribution is -0.122. The molecule has 4 rings (SSSR count). The van der Waals surface area contributed by atoms with Gasteiger partial charge in [-0.05, 0) is 66.8 Å². The van der Waals surface area contributed by atoms with Gasteiger partial charge >= 0.3 is 0 Å². The van der Waals surface area contributed by atoms with Crippen molar-refractivity contribution < 1.29 is 17.9 Å². The molecule has 3 aromatic rings. The van der Waals surface area contributed by atoms with Crippen molar-refractivity contribution in [1.29, 1.82) is 0 Å². The van der Waals surface area contributed by atoms with Crippen LogP contribution in [0, 0.1) is 12.8 Å². The van der Waals surface area contributed by atoms with E-state index in [-0.39, 0.29) is 23.3 Å². The molecule has 0 saturated heterocycles. The highest BCUT2D eigenvalue weighted by Gasteiger charge is 2.27. The highest BCUT2D eigenvalue weighted by molar-refractivity contribution is 7.89. The van der Waals surface area contributed by atoms with Gasteiger partial charge in [-0.1, -0.05) is 67.9 Å². The number of carbonyl (C=O) groups excluding carboxylic acids is 1. The van der Waals surface area contributed by atoms with Gasteiger partial charge in [-0.15, -0.1) is 0 Å². The average Bonchev–Trinajstić information content (AvgIpc) is 2.90. The zero-order chi connectivity index (χ0) is 28.7. The summed E-state index contributed by atoms with van der Waals surface area (Å²) < 4.78 is 35.2. The predicted molar refractivity (Wildman–Crippen MR) is 159 cm³/mol. The highest BCUT2D eigenvalue weighted by Crippen LogP contribution is 2.33. The third-order valence-electron chi connectivity index (χ3n) is 6.90. The third-order valence-corrected chi connectivity index (χ3v) is 8.56. The topological polar surface area (TPSA) is 96.5 Å². The van der Waals surface area contributed by atoms with E-state index in [1.807, 2.05) is 42.5 Å². The summed E-state index contributed by atoms with van der Waals surface area (Å²) >= 11 is 6.13. The Hall–Kier alpha value is -2.91. The van der Waals surface area contributed by atoms with E-state index >= 15 is 0 Å². The number of benzene rings is 3. The van der Waals surface area contributed by atoms with E-state index in [1.54, 1.807) is 19.1 Å². The van der Waals surface area contributed by atoms with Gasteiger partial charge in [-0.25, -0.2) is 13.1 Å². The molecule has 0 aliphatic carbocycles. The van der Waals surface area contributed by atoms with Gasteiger partial charge in [0.1, 0.15) is 5.75 Å². The molecule has 0 saturated carbocycles. The number of nitrogens with one attached hydrogen (secondary N) is 3. The molecule has 0 aromatic heterocycles. The number of halogens is 1. The standard InChI is InChI=1S/C31H38ClN3O4S/c1-21(2)11-13-33-20-23-9-10-27-28(12-14-39-30(27)17-23)34-31(36)19-29(24-7-5-4-6-8-24)35-40(37,38)26-16-22(3)15-25(32)18-26/h4-10,15-18,21,28-29,33,35H,11-14,19-20H2,1-3H3,(H,34,36). The van der Waals surface area contributed by atoms with E-state index in [0.717, 1.165) is 42.0 Å². The van der Waals surface area contributed by atoms with E-state index in [9.17, 15) is 13.2 Å². The smallest absolute Gasteiger partial charge is 0.241 e. The van der Waals surface area contributed by atoms with Gasteiger partial charge in [0.15, 0.2) is 0 Å². The molecule has 1 heterocycles. The Morgan fingerprint density at radius 2 is 1.85 bits per heavy atom. The van der Waals surface area contributed by atoms with Crippen LogP contribution in [-0.2, 0) is 21.4 Å². The second-order valence-electron chi connectivity index (χ2n) is 10.7. The molecule has 0 bridgehead atoms. The van der Waals surface area contributed by atoms with E-state index in [1.165, 1.54) is 6.07 Å². The minimum atomic E-state index is -3.94. The quantitative estimate of drug-likeness (QED) is 0.233. The molecule has 40 heavy (non-hydrogen) atoms. The van der Waals surface area contributed by atoms with Gasteiger partial charge in [-0.3, -0.25) is 4.79 Å². The number of hydrogen-bond acceptors (Lipinski definition) is 5. The summed E-state index contributed by atoms with van der Waals surface area (Å²) in [5.41, 5.74) is 3.48. The number of fused-ring (bicyclic) bond motifs is 1. The molecule has 3 aromatic carbocycles. The highest BCUT2D eigenvalue weighted by atomic mass is 35.5. The van der Waals surface area contributed by atoms with Crippen LogP contribution in [0.25, 0.3) is 0 Å². The second kappa shape index (κ2) is 13.6. The van der Waals surface area contributed by atoms with E-state index in [0.29, 0.717) is 29.5 Å². The molecular formula is C31H38ClN3O4S. The summed E-state index contributed by atoms with van der Waals surface area (Å²) in [6.45, 7) is 8.40. The van der Waals surface area contributed by atoms with Crippen LogP contribution in [0.1, 0.15) is 67.4 Å². The Bertz CT molecular complexity index is 1390. The lowest BCUT2D eigenvalue weighted by Crippen LogP contribution is -2.36. The van der Waals surface area contributed by atoms with E-state index in [2.05, 4.69) is 35.3 Å². The minimum absolute atomic E-state index is 0.0618. The van der Waals surface area contributed by atoms with Crippen molar-refractivity contribution in [2.75, 3.05) is 13.2 Å². The van der Waals surface area contributed by atoms with Gasteiger partial charge < -0.3 is 15.4 Å². The van der Waals surface area contributed by atoms with Gasteiger partial charge in [0.2, 0.25) is 15.9 Å². The van der Waals surface area contributed by atoms with Gasteiger partial charge in [-0.2, -0.15) is 0 Å². The molecule has 7 nitrogen and oxygen atoms in total. The number of rotatable bonds is 12. The fourth-order valence-corrected chi connectivity index (χ4v) is 6.49. The zero-order valence-corrected chi connectivity index (χ0v) is 24.8. The van der Waals surface area contributed by atoms with Crippen LogP contribution >= 0.6 is 11.6 Å². The maximum absolute atomic E-state index is 13.3. The monoisotopic (exact) mass is 583 g/mol. The van der Waals surface area contributed by atoms with Crippen LogP contribution in [-0.4, -0.2) is 27.5 Å². The first-order valence-electron chi connectivity index (χ1n) is 13.7. The Balaban J connectivity index is 1.46. The van der Waals surface area contributed by atoms with Crippen molar-refractivity contribution in [1.82, 2.24) is 15.4 Å². The fraction of sp³-hybridized carbons (Fsp3) is 0.387. The zero-order valence-electron chi connectivity index (χ0n) is 23.2. The molecule has 0 radical (unpaired) electrons. The van der Waals surface area contributed by atoms with Gasteiger partial charge in [0.05, 0.1) is 23.6 Å². The lowest BCUT2D eigenvalue weighted by atomic mass is 9.98. The minimum Gasteiger partial charge on any atom is -0.493 e. The normalized spacial score (nSPS) is 15.8. The maximum Gasteiger partial charge on any atom is 0.241 e. The summed E-state index contributed by atoms with van der Waals surface area (Å²) in [7, 11) is -3.94. The summed E-state index contributed by atoms with van der Waals surface area (Å²) in [6.07, 6.45) is 1.69. The number of ether oxygens (including phenoxy) is 1. The predicted octanol–water partition coefficient (Wildman–Crippen LogP) is 5.83. The number of carbonyl (C=O) groups is 1. The first-order chi connectivity index (χ1) is 19.1. The van der Waals surface area contributed by atoms with Crippen LogP contribution in [0.5, 0.6) is 5.75 Å². The number of aryl methyl sites for hydroxylation is 1. The van der Waals surface area contributed by atoms with Crippen LogP contribution < -0.4 is 20.1 Å². The van der Waals surface area contributed by atoms with Crippen molar-refractivity contribution in [2.45, 2.75) is 63.6 Å². The molecule has 9 heteroatoms. The van der Waals surface area contributed by atoms with Gasteiger partial charge in [0.25, 0.3) is 0 Å². The Morgan fingerprint density at radius 1 is 1.07 bits per heavy atom. The molecule has 2 unspecified atom stereocenters. The van der Waals surface area contributed by atoms with E-state index in [4.69, 9.17) is 16.3 Å². The molecular weight excluding hydrogens is 546 g/mol. The third kappa shape index (κ3) is 8.30. The van der Waals surface area contributed by atoms with Crippen LogP contribution in [0.15, 0.2) is 71.6 Å². The summed E-state index contributed by atoms with van der Waals surface area (Å²) in [4.78, 5) is 13.4. The lowest BCUT2D eigenvalue weighted by Gasteiger charge is -2.28. The molecule has 1 amide bonds. The maximum atomic E-state index is 13.3. The molecule has 0 fully saturated rings. The molecule has 2 atom stereocenters. The number of sulfonamides is 1. The SMILES string of the molecule is Cc1cc(Cl)cc(S(=O)(=O)NC(CC(=O)NC2CCOc3cc(CNCCC(C)C)ccc32)c2ccccc2)c1. The van der Waals surface area contributed by atoms with Crippen molar-refractivity contribution in [3.63, 3.8) is 0 Å². The largest absolute Gasteiger partial charge is 0.493 e. The first-order valence-corrected chi connectivity index (χ1v) is 15.6. The molecule has 1 aliphatic rings.